The summed E-state index contributed by atoms with van der Waals surface area (Å²) < 4.78 is 18.7. The molecule has 1 unspecified atom stereocenters. The number of hydrogen-bond donors (Lipinski definition) is 1. The predicted molar refractivity (Wildman–Crippen MR) is 155 cm³/mol. The lowest BCUT2D eigenvalue weighted by Gasteiger charge is -2.18. The maximum absolute atomic E-state index is 12.8. The Morgan fingerprint density at radius 3 is 1.59 bits per heavy atom. The second-order valence-corrected chi connectivity index (χ2v) is 10.0. The van der Waals surface area contributed by atoms with Gasteiger partial charge in [-0.3, -0.25) is 0 Å². The summed E-state index contributed by atoms with van der Waals surface area (Å²) in [5, 5.41) is 10.2. The fraction of sp³-hybridized carbons (Fsp3) is 0.0303. The number of nitrogens with two attached hydrogens (primary N) is 1. The molecule has 0 fully saturated rings. The summed E-state index contributed by atoms with van der Waals surface area (Å²) in [6.45, 7) is 0. The van der Waals surface area contributed by atoms with Crippen LogP contribution < -0.4 is 9.88 Å². The highest BCUT2D eigenvalue weighted by Crippen LogP contribution is 2.44. The van der Waals surface area contributed by atoms with E-state index in [1.54, 1.807) is 7.11 Å². The SMILES string of the molecule is COc1ccc2cc(-c3ccccc3)ccc2c1-c1c(S(N)=O)ccc2cc(-c3ccccc3)ccc12. The minimum absolute atomic E-state index is 0.581. The van der Waals surface area contributed by atoms with E-state index in [4.69, 9.17) is 9.88 Å². The molecule has 6 aromatic carbocycles. The van der Waals surface area contributed by atoms with Crippen molar-refractivity contribution in [1.82, 2.24) is 0 Å². The Morgan fingerprint density at radius 2 is 1.08 bits per heavy atom. The van der Waals surface area contributed by atoms with Crippen molar-refractivity contribution < 1.29 is 8.95 Å². The van der Waals surface area contributed by atoms with Crippen molar-refractivity contribution in [2.24, 2.45) is 5.14 Å². The molecule has 0 heterocycles. The number of methoxy groups -OCH3 is 1. The Bertz CT molecular complexity index is 1780. The highest BCUT2D eigenvalue weighted by molar-refractivity contribution is 7.82. The topological polar surface area (TPSA) is 52.3 Å². The van der Waals surface area contributed by atoms with Crippen molar-refractivity contribution in [3.8, 4) is 39.1 Å². The van der Waals surface area contributed by atoms with Crippen LogP contribution >= 0.6 is 0 Å². The van der Waals surface area contributed by atoms with E-state index in [9.17, 15) is 4.21 Å². The Labute approximate surface area is 218 Å². The molecule has 0 radical (unpaired) electrons. The van der Waals surface area contributed by atoms with Gasteiger partial charge in [0.25, 0.3) is 0 Å². The van der Waals surface area contributed by atoms with Crippen LogP contribution in [0.25, 0.3) is 54.9 Å². The van der Waals surface area contributed by atoms with Gasteiger partial charge in [-0.05, 0) is 68.1 Å². The molecule has 6 aromatic rings. The molecule has 2 N–H and O–H groups in total. The predicted octanol–water partition coefficient (Wildman–Crippen LogP) is 7.98. The summed E-state index contributed by atoms with van der Waals surface area (Å²) in [6, 6.07) is 41.3. The van der Waals surface area contributed by atoms with Crippen molar-refractivity contribution in [1.29, 1.82) is 0 Å². The van der Waals surface area contributed by atoms with E-state index < -0.39 is 11.0 Å². The molecule has 0 bridgehead atoms. The molecule has 0 saturated carbocycles. The molecule has 0 amide bonds. The van der Waals surface area contributed by atoms with Gasteiger partial charge >= 0.3 is 0 Å². The van der Waals surface area contributed by atoms with Gasteiger partial charge in [0.05, 0.1) is 12.0 Å². The minimum Gasteiger partial charge on any atom is -0.496 e. The fourth-order valence-electron chi connectivity index (χ4n) is 5.09. The molecule has 3 nitrogen and oxygen atoms in total. The van der Waals surface area contributed by atoms with Gasteiger partial charge < -0.3 is 4.74 Å². The first kappa shape index (κ1) is 23.2. The molecule has 0 aliphatic rings. The summed E-state index contributed by atoms with van der Waals surface area (Å²) in [6.07, 6.45) is 0. The first-order chi connectivity index (χ1) is 18.1. The van der Waals surface area contributed by atoms with Gasteiger partial charge in [0.1, 0.15) is 16.7 Å². The van der Waals surface area contributed by atoms with Crippen LogP contribution in [0, 0.1) is 0 Å². The van der Waals surface area contributed by atoms with Crippen LogP contribution in [0.5, 0.6) is 5.75 Å². The highest BCUT2D eigenvalue weighted by Gasteiger charge is 2.20. The number of fused-ring (bicyclic) bond motifs is 2. The van der Waals surface area contributed by atoms with Crippen LogP contribution in [-0.4, -0.2) is 11.3 Å². The van der Waals surface area contributed by atoms with E-state index in [0.29, 0.717) is 10.6 Å². The van der Waals surface area contributed by atoms with Crippen LogP contribution in [0.4, 0.5) is 0 Å². The monoisotopic (exact) mass is 499 g/mol. The first-order valence-corrected chi connectivity index (χ1v) is 13.3. The smallest absolute Gasteiger partial charge is 0.127 e. The fourth-order valence-corrected chi connectivity index (χ4v) is 5.71. The van der Waals surface area contributed by atoms with Gasteiger partial charge in [0.15, 0.2) is 0 Å². The lowest BCUT2D eigenvalue weighted by Crippen LogP contribution is -2.05. The zero-order valence-electron chi connectivity index (χ0n) is 20.3. The van der Waals surface area contributed by atoms with E-state index in [1.165, 1.54) is 0 Å². The van der Waals surface area contributed by atoms with Crippen LogP contribution in [0.3, 0.4) is 0 Å². The Balaban J connectivity index is 1.63. The van der Waals surface area contributed by atoms with Gasteiger partial charge in [-0.15, -0.1) is 0 Å². The molecule has 37 heavy (non-hydrogen) atoms. The molecule has 6 rings (SSSR count). The van der Waals surface area contributed by atoms with E-state index in [2.05, 4.69) is 66.7 Å². The summed E-state index contributed by atoms with van der Waals surface area (Å²) in [7, 11) is -0.0138. The number of benzene rings is 6. The van der Waals surface area contributed by atoms with Gasteiger partial charge in [0.2, 0.25) is 0 Å². The number of rotatable bonds is 5. The summed E-state index contributed by atoms with van der Waals surface area (Å²) in [4.78, 5) is 0.581. The van der Waals surface area contributed by atoms with Gasteiger partial charge in [-0.25, -0.2) is 9.35 Å². The normalized spacial score (nSPS) is 12.1. The van der Waals surface area contributed by atoms with Crippen molar-refractivity contribution in [3.63, 3.8) is 0 Å². The van der Waals surface area contributed by atoms with Crippen LogP contribution in [-0.2, 0) is 11.0 Å². The van der Waals surface area contributed by atoms with Crippen molar-refractivity contribution in [2.45, 2.75) is 4.90 Å². The molecule has 0 aromatic heterocycles. The molecule has 0 saturated heterocycles. The zero-order valence-corrected chi connectivity index (χ0v) is 21.2. The molecule has 1 atom stereocenters. The Hall–Kier alpha value is -4.25. The van der Waals surface area contributed by atoms with E-state index in [0.717, 1.165) is 54.9 Å². The molecule has 0 aliphatic carbocycles. The van der Waals surface area contributed by atoms with Crippen molar-refractivity contribution in [3.05, 3.63) is 121 Å². The van der Waals surface area contributed by atoms with Gasteiger partial charge in [0, 0.05) is 11.1 Å². The standard InChI is InChI=1S/C33H25NO2S/c1-36-30-18-14-26-20-24(22-8-4-2-5-9-22)12-16-28(26)32(30)33-29-17-13-25(23-10-6-3-7-11-23)21-27(29)15-19-31(33)37(34)35/h2-21H,34H2,1H3. The highest BCUT2D eigenvalue weighted by atomic mass is 32.2. The maximum Gasteiger partial charge on any atom is 0.127 e. The molecule has 0 aliphatic heterocycles. The Morgan fingerprint density at radius 1 is 0.568 bits per heavy atom. The van der Waals surface area contributed by atoms with Gasteiger partial charge in [-0.2, -0.15) is 0 Å². The lowest BCUT2D eigenvalue weighted by atomic mass is 9.90. The first-order valence-electron chi connectivity index (χ1n) is 12.1. The minimum atomic E-state index is -1.68. The van der Waals surface area contributed by atoms with Crippen LogP contribution in [0.1, 0.15) is 0 Å². The summed E-state index contributed by atoms with van der Waals surface area (Å²) in [5.74, 6) is 0.714. The number of hydrogen-bond acceptors (Lipinski definition) is 2. The van der Waals surface area contributed by atoms with E-state index >= 15 is 0 Å². The number of ether oxygens (including phenoxy) is 1. The van der Waals surface area contributed by atoms with Crippen molar-refractivity contribution in [2.75, 3.05) is 7.11 Å². The molecular formula is C33H25NO2S. The quantitative estimate of drug-likeness (QED) is 0.261. The van der Waals surface area contributed by atoms with Crippen LogP contribution in [0.15, 0.2) is 126 Å². The second kappa shape index (κ2) is 9.66. The average molecular weight is 500 g/mol. The summed E-state index contributed by atoms with van der Waals surface area (Å²) >= 11 is 0. The largest absolute Gasteiger partial charge is 0.496 e. The van der Waals surface area contributed by atoms with E-state index in [-0.39, 0.29) is 0 Å². The third-order valence-electron chi connectivity index (χ3n) is 6.86. The lowest BCUT2D eigenvalue weighted by molar-refractivity contribution is 0.417. The molecule has 180 valence electrons. The zero-order chi connectivity index (χ0) is 25.4. The third-order valence-corrected chi connectivity index (χ3v) is 7.64. The van der Waals surface area contributed by atoms with E-state index in [1.807, 2.05) is 54.6 Å². The third kappa shape index (κ3) is 4.20. The molecular weight excluding hydrogens is 474 g/mol. The summed E-state index contributed by atoms with van der Waals surface area (Å²) in [5.41, 5.74) is 6.30. The molecule has 4 heteroatoms. The average Bonchev–Trinajstić information content (AvgIpc) is 2.96. The Kier molecular flexibility index (Phi) is 6.05. The second-order valence-electron chi connectivity index (χ2n) is 8.98. The van der Waals surface area contributed by atoms with Crippen LogP contribution in [0.2, 0.25) is 0 Å². The van der Waals surface area contributed by atoms with Crippen molar-refractivity contribution >= 4 is 32.5 Å². The maximum atomic E-state index is 12.8. The van der Waals surface area contributed by atoms with Gasteiger partial charge in [-0.1, -0.05) is 97.1 Å². The molecule has 0 spiro atoms.